The standard InChI is InChI=1S/C21H25ClN2O4S/c1-15-6-9-18(10-7-15)29(26,27)24-12-4-5-19(24)21(25)23(2)14-16-13-17(22)8-11-20(16)28-3/h6-11,13,19H,4-5,12,14H2,1-3H3/t19-/m0/s1. The summed E-state index contributed by atoms with van der Waals surface area (Å²) in [5.74, 6) is 0.393. The zero-order valence-corrected chi connectivity index (χ0v) is 18.3. The van der Waals surface area contributed by atoms with E-state index in [-0.39, 0.29) is 17.3 Å². The van der Waals surface area contributed by atoms with Gasteiger partial charge in [0.1, 0.15) is 11.8 Å². The van der Waals surface area contributed by atoms with Gasteiger partial charge in [0.05, 0.1) is 12.0 Å². The minimum absolute atomic E-state index is 0.210. The number of benzene rings is 2. The van der Waals surface area contributed by atoms with Crippen molar-refractivity contribution in [3.05, 3.63) is 58.6 Å². The third kappa shape index (κ3) is 4.57. The third-order valence-corrected chi connectivity index (χ3v) is 7.30. The average molecular weight is 437 g/mol. The van der Waals surface area contributed by atoms with E-state index < -0.39 is 16.1 Å². The number of aryl methyl sites for hydroxylation is 1. The first-order chi connectivity index (χ1) is 13.7. The molecular weight excluding hydrogens is 412 g/mol. The van der Waals surface area contributed by atoms with Crippen molar-refractivity contribution in [2.75, 3.05) is 20.7 Å². The van der Waals surface area contributed by atoms with E-state index in [9.17, 15) is 13.2 Å². The van der Waals surface area contributed by atoms with Crippen molar-refractivity contribution in [3.8, 4) is 5.75 Å². The number of ether oxygens (including phenoxy) is 1. The van der Waals surface area contributed by atoms with E-state index in [4.69, 9.17) is 16.3 Å². The highest BCUT2D eigenvalue weighted by atomic mass is 35.5. The van der Waals surface area contributed by atoms with Crippen molar-refractivity contribution < 1.29 is 17.9 Å². The Hall–Kier alpha value is -2.09. The van der Waals surface area contributed by atoms with Crippen LogP contribution in [0.25, 0.3) is 0 Å². The molecule has 1 heterocycles. The minimum Gasteiger partial charge on any atom is -0.496 e. The van der Waals surface area contributed by atoms with Gasteiger partial charge in [0.25, 0.3) is 0 Å². The van der Waals surface area contributed by atoms with E-state index in [1.807, 2.05) is 6.92 Å². The molecule has 0 aliphatic carbocycles. The predicted octanol–water partition coefficient (Wildman–Crippen LogP) is 3.47. The van der Waals surface area contributed by atoms with Gasteiger partial charge in [-0.3, -0.25) is 4.79 Å². The Bertz CT molecular complexity index is 992. The fourth-order valence-electron chi connectivity index (χ4n) is 3.58. The van der Waals surface area contributed by atoms with Crippen molar-refractivity contribution in [2.45, 2.75) is 37.2 Å². The fourth-order valence-corrected chi connectivity index (χ4v) is 5.42. The van der Waals surface area contributed by atoms with Gasteiger partial charge in [0.2, 0.25) is 15.9 Å². The van der Waals surface area contributed by atoms with Crippen LogP contribution >= 0.6 is 11.6 Å². The van der Waals surface area contributed by atoms with Crippen molar-refractivity contribution in [2.24, 2.45) is 0 Å². The Morgan fingerprint density at radius 1 is 1.24 bits per heavy atom. The summed E-state index contributed by atoms with van der Waals surface area (Å²) in [6.45, 7) is 2.51. The molecule has 1 aliphatic heterocycles. The largest absolute Gasteiger partial charge is 0.496 e. The highest BCUT2D eigenvalue weighted by Gasteiger charge is 2.40. The van der Waals surface area contributed by atoms with Crippen LogP contribution in [0.2, 0.25) is 5.02 Å². The van der Waals surface area contributed by atoms with Gasteiger partial charge in [-0.1, -0.05) is 29.3 Å². The SMILES string of the molecule is COc1ccc(Cl)cc1CN(C)C(=O)[C@@H]1CCCN1S(=O)(=O)c1ccc(C)cc1. The van der Waals surface area contributed by atoms with Gasteiger partial charge in [-0.2, -0.15) is 4.31 Å². The predicted molar refractivity (Wildman–Crippen MR) is 113 cm³/mol. The molecule has 8 heteroatoms. The quantitative estimate of drug-likeness (QED) is 0.695. The zero-order valence-electron chi connectivity index (χ0n) is 16.8. The molecule has 0 unspecified atom stereocenters. The lowest BCUT2D eigenvalue weighted by molar-refractivity contribution is -0.133. The van der Waals surface area contributed by atoms with Crippen LogP contribution in [0.4, 0.5) is 0 Å². The molecule has 2 aromatic carbocycles. The highest BCUT2D eigenvalue weighted by Crippen LogP contribution is 2.29. The second kappa shape index (κ2) is 8.73. The van der Waals surface area contributed by atoms with E-state index in [1.165, 1.54) is 9.21 Å². The maximum absolute atomic E-state index is 13.1. The maximum atomic E-state index is 13.1. The molecule has 6 nitrogen and oxygen atoms in total. The lowest BCUT2D eigenvalue weighted by atomic mass is 10.1. The second-order valence-electron chi connectivity index (χ2n) is 7.24. The van der Waals surface area contributed by atoms with Crippen molar-refractivity contribution in [1.29, 1.82) is 0 Å². The lowest BCUT2D eigenvalue weighted by Crippen LogP contribution is -2.46. The second-order valence-corrected chi connectivity index (χ2v) is 9.56. The van der Waals surface area contributed by atoms with E-state index in [0.29, 0.717) is 30.2 Å². The van der Waals surface area contributed by atoms with E-state index in [1.54, 1.807) is 56.6 Å². The van der Waals surface area contributed by atoms with Gasteiger partial charge >= 0.3 is 0 Å². The first kappa shape index (κ1) is 21.6. The Labute approximate surface area is 177 Å². The Balaban J connectivity index is 1.81. The van der Waals surface area contributed by atoms with Crippen LogP contribution in [0, 0.1) is 6.92 Å². The number of halogens is 1. The molecule has 0 spiro atoms. The van der Waals surface area contributed by atoms with Crippen molar-refractivity contribution >= 4 is 27.5 Å². The van der Waals surface area contributed by atoms with Gasteiger partial charge in [-0.25, -0.2) is 8.42 Å². The molecule has 3 rings (SSSR count). The molecule has 2 aromatic rings. The topological polar surface area (TPSA) is 66.9 Å². The van der Waals surface area contributed by atoms with Crippen LogP contribution in [0.3, 0.4) is 0 Å². The van der Waals surface area contributed by atoms with Crippen molar-refractivity contribution in [3.63, 3.8) is 0 Å². The number of hydrogen-bond donors (Lipinski definition) is 0. The number of hydrogen-bond acceptors (Lipinski definition) is 4. The van der Waals surface area contributed by atoms with E-state index >= 15 is 0 Å². The van der Waals surface area contributed by atoms with Crippen LogP contribution in [0.15, 0.2) is 47.4 Å². The van der Waals surface area contributed by atoms with Crippen LogP contribution in [0.5, 0.6) is 5.75 Å². The molecule has 1 atom stereocenters. The molecular formula is C21H25ClN2O4S. The Morgan fingerprint density at radius 3 is 2.59 bits per heavy atom. The summed E-state index contributed by atoms with van der Waals surface area (Å²) in [5.41, 5.74) is 1.75. The number of sulfonamides is 1. The molecule has 0 N–H and O–H groups in total. The van der Waals surface area contributed by atoms with Gasteiger partial charge in [0.15, 0.2) is 0 Å². The van der Waals surface area contributed by atoms with Gasteiger partial charge in [0, 0.05) is 30.7 Å². The summed E-state index contributed by atoms with van der Waals surface area (Å²) in [6.07, 6.45) is 1.15. The van der Waals surface area contributed by atoms with E-state index in [2.05, 4.69) is 0 Å². The molecule has 1 fully saturated rings. The maximum Gasteiger partial charge on any atom is 0.243 e. The molecule has 1 saturated heterocycles. The summed E-state index contributed by atoms with van der Waals surface area (Å²) in [7, 11) is -0.514. The monoisotopic (exact) mass is 436 g/mol. The smallest absolute Gasteiger partial charge is 0.243 e. The molecule has 0 bridgehead atoms. The molecule has 0 aromatic heterocycles. The summed E-state index contributed by atoms with van der Waals surface area (Å²) >= 11 is 6.08. The molecule has 1 aliphatic rings. The van der Waals surface area contributed by atoms with Crippen LogP contribution in [-0.2, 0) is 21.4 Å². The van der Waals surface area contributed by atoms with Gasteiger partial charge in [-0.15, -0.1) is 0 Å². The Morgan fingerprint density at radius 2 is 1.93 bits per heavy atom. The molecule has 0 saturated carbocycles. The summed E-state index contributed by atoms with van der Waals surface area (Å²) < 4.78 is 32.9. The van der Waals surface area contributed by atoms with E-state index in [0.717, 1.165) is 11.1 Å². The first-order valence-electron chi connectivity index (χ1n) is 9.40. The number of rotatable bonds is 6. The molecule has 0 radical (unpaired) electrons. The first-order valence-corrected chi connectivity index (χ1v) is 11.2. The number of likely N-dealkylation sites (N-methyl/N-ethyl adjacent to an activating group) is 1. The number of methoxy groups -OCH3 is 1. The van der Waals surface area contributed by atoms with Crippen LogP contribution in [-0.4, -0.2) is 50.3 Å². The Kier molecular flexibility index (Phi) is 6.51. The van der Waals surface area contributed by atoms with Gasteiger partial charge < -0.3 is 9.64 Å². The molecule has 1 amide bonds. The molecule has 156 valence electrons. The average Bonchev–Trinajstić information content (AvgIpc) is 3.18. The number of carbonyl (C=O) groups excluding carboxylic acids is 1. The highest BCUT2D eigenvalue weighted by molar-refractivity contribution is 7.89. The fraction of sp³-hybridized carbons (Fsp3) is 0.381. The number of carbonyl (C=O) groups is 1. The van der Waals surface area contributed by atoms with Gasteiger partial charge in [-0.05, 0) is 50.1 Å². The number of amides is 1. The zero-order chi connectivity index (χ0) is 21.2. The van der Waals surface area contributed by atoms with Crippen molar-refractivity contribution in [1.82, 2.24) is 9.21 Å². The summed E-state index contributed by atoms with van der Waals surface area (Å²) in [6, 6.07) is 11.2. The summed E-state index contributed by atoms with van der Waals surface area (Å²) in [5, 5.41) is 0.547. The summed E-state index contributed by atoms with van der Waals surface area (Å²) in [4.78, 5) is 14.9. The third-order valence-electron chi connectivity index (χ3n) is 5.14. The molecule has 29 heavy (non-hydrogen) atoms. The number of nitrogens with zero attached hydrogens (tertiary/aromatic N) is 2. The minimum atomic E-state index is -3.74. The van der Waals surface area contributed by atoms with Crippen LogP contribution < -0.4 is 4.74 Å². The van der Waals surface area contributed by atoms with Crippen LogP contribution in [0.1, 0.15) is 24.0 Å². The lowest BCUT2D eigenvalue weighted by Gasteiger charge is -2.28. The normalized spacial score (nSPS) is 17.3.